The fourth-order valence-electron chi connectivity index (χ4n) is 0. The van der Waals surface area contributed by atoms with Gasteiger partial charge in [0.25, 0.3) is 0 Å². The summed E-state index contributed by atoms with van der Waals surface area (Å²) in [6, 6.07) is 0. The van der Waals surface area contributed by atoms with E-state index in [-0.39, 0.29) is 16.8 Å². The molecule has 9 heavy (non-hydrogen) atoms. The van der Waals surface area contributed by atoms with Crippen LogP contribution in [-0.4, -0.2) is 10.4 Å². The van der Waals surface area contributed by atoms with Crippen molar-refractivity contribution in [1.29, 1.82) is 0 Å². The second-order valence-corrected chi connectivity index (χ2v) is 0.342. The van der Waals surface area contributed by atoms with Crippen LogP contribution in [0.1, 0.15) is 0 Å². The van der Waals surface area contributed by atoms with Crippen LogP contribution < -0.4 is 0 Å². The normalized spacial score (nSPS) is 8.00. The monoisotopic (exact) mass is 181 g/mol. The molecule has 0 aromatic rings. The maximum Gasteiger partial charge on any atom is 2.00 e. The van der Waals surface area contributed by atoms with Gasteiger partial charge in [-0.3, -0.25) is 0 Å². The van der Waals surface area contributed by atoms with E-state index < -0.39 is 0 Å². The molecule has 1 radical (unpaired) electrons. The van der Waals surface area contributed by atoms with E-state index >= 15 is 0 Å². The van der Waals surface area contributed by atoms with Crippen LogP contribution in [0.5, 0.6) is 0 Å². The first-order chi connectivity index (χ1) is 3.83. The van der Waals surface area contributed by atoms with Gasteiger partial charge < -0.3 is 20.8 Å². The zero-order valence-electron chi connectivity index (χ0n) is 3.83. The SMILES string of the molecule is [Co+2].[O-]N=NO.[O-]N=NO. The van der Waals surface area contributed by atoms with Crippen LogP contribution in [-0.2, 0) is 16.8 Å². The van der Waals surface area contributed by atoms with Crippen molar-refractivity contribution in [2.24, 2.45) is 21.1 Å². The van der Waals surface area contributed by atoms with Crippen LogP contribution in [0.3, 0.4) is 0 Å². The Hall–Kier alpha value is -1.09. The summed E-state index contributed by atoms with van der Waals surface area (Å²) in [4.78, 5) is 0. The van der Waals surface area contributed by atoms with Crippen molar-refractivity contribution in [3.63, 3.8) is 0 Å². The molecule has 0 aromatic heterocycles. The van der Waals surface area contributed by atoms with Crippen LogP contribution in [0.4, 0.5) is 0 Å². The Balaban J connectivity index is -0.0000000720. The van der Waals surface area contributed by atoms with Crippen LogP contribution >= 0.6 is 0 Å². The summed E-state index contributed by atoms with van der Waals surface area (Å²) in [6.45, 7) is 0. The summed E-state index contributed by atoms with van der Waals surface area (Å²) in [6.07, 6.45) is 0. The van der Waals surface area contributed by atoms with E-state index in [9.17, 15) is 0 Å². The first-order valence-corrected chi connectivity index (χ1v) is 1.17. The van der Waals surface area contributed by atoms with Gasteiger partial charge in [-0.05, 0) is 0 Å². The molecule has 0 fully saturated rings. The molecule has 0 heterocycles. The molecule has 0 atom stereocenters. The first-order valence-electron chi connectivity index (χ1n) is 1.17. The van der Waals surface area contributed by atoms with Crippen molar-refractivity contribution >= 4 is 0 Å². The molecule has 0 rings (SSSR count). The Bertz CT molecular complexity index is 53.0. The van der Waals surface area contributed by atoms with Gasteiger partial charge in [0.1, 0.15) is 0 Å². The molecule has 0 amide bonds. The Labute approximate surface area is 59.6 Å². The molecule has 0 unspecified atom stereocenters. The van der Waals surface area contributed by atoms with Gasteiger partial charge in [-0.2, -0.15) is 10.6 Å². The minimum absolute atomic E-state index is 0. The van der Waals surface area contributed by atoms with Gasteiger partial charge in [0.15, 0.2) is 0 Å². The summed E-state index contributed by atoms with van der Waals surface area (Å²) >= 11 is 0. The van der Waals surface area contributed by atoms with E-state index in [2.05, 4.69) is 0 Å². The van der Waals surface area contributed by atoms with E-state index in [1.165, 1.54) is 0 Å². The Morgan fingerprint density at radius 3 is 1.00 bits per heavy atom. The zero-order chi connectivity index (χ0) is 6.83. The van der Waals surface area contributed by atoms with E-state index in [1.807, 2.05) is 0 Å². The molecule has 0 bridgehead atoms. The minimum Gasteiger partial charge on any atom is -0.773 e. The zero-order valence-corrected chi connectivity index (χ0v) is 4.87. The van der Waals surface area contributed by atoms with Gasteiger partial charge in [-0.1, -0.05) is 0 Å². The molecule has 0 aromatic carbocycles. The largest absolute Gasteiger partial charge is 2.00 e. The second kappa shape index (κ2) is 28.5. The van der Waals surface area contributed by atoms with Crippen LogP contribution in [0.2, 0.25) is 0 Å². The van der Waals surface area contributed by atoms with E-state index in [4.69, 9.17) is 20.8 Å². The molecule has 0 saturated heterocycles. The molecule has 0 aliphatic carbocycles. The molecular weight excluding hydrogens is 179 g/mol. The van der Waals surface area contributed by atoms with Gasteiger partial charge in [-0.25, -0.2) is 0 Å². The molecule has 0 aliphatic heterocycles. The van der Waals surface area contributed by atoms with Crippen molar-refractivity contribution in [2.75, 3.05) is 0 Å². The first kappa shape index (κ1) is 15.7. The summed E-state index contributed by atoms with van der Waals surface area (Å²) in [5.74, 6) is 0. The van der Waals surface area contributed by atoms with Crippen molar-refractivity contribution in [3.05, 3.63) is 10.4 Å². The van der Waals surface area contributed by atoms with E-state index in [0.29, 0.717) is 0 Å². The molecule has 0 aliphatic rings. The van der Waals surface area contributed by atoms with Gasteiger partial charge in [0.2, 0.25) is 0 Å². The fraction of sp³-hybridized carbons (Fsp3) is 0. The molecule has 9 heteroatoms. The van der Waals surface area contributed by atoms with Crippen molar-refractivity contribution < 1.29 is 27.2 Å². The third-order valence-corrected chi connectivity index (χ3v) is 0.0730. The van der Waals surface area contributed by atoms with Crippen molar-refractivity contribution in [1.82, 2.24) is 0 Å². The molecular formula is H2CoN4O4. The predicted octanol–water partition coefficient (Wildman–Crippen LogP) is 0.649. The minimum atomic E-state index is 0. The van der Waals surface area contributed by atoms with Crippen LogP contribution in [0, 0.1) is 10.4 Å². The molecule has 0 saturated carbocycles. The average molecular weight is 181 g/mol. The van der Waals surface area contributed by atoms with Crippen LogP contribution in [0.25, 0.3) is 0 Å². The van der Waals surface area contributed by atoms with Crippen LogP contribution in [0.15, 0.2) is 21.1 Å². The van der Waals surface area contributed by atoms with E-state index in [1.54, 1.807) is 21.1 Å². The third kappa shape index (κ3) is 202. The number of nitrogens with zero attached hydrogens (tertiary/aromatic N) is 4. The van der Waals surface area contributed by atoms with E-state index in [0.717, 1.165) is 0 Å². The molecule has 2 N–H and O–H groups in total. The number of hydrogen-bond acceptors (Lipinski definition) is 6. The average Bonchev–Trinajstić information content (AvgIpc) is 1.88. The maximum atomic E-state index is 8.51. The van der Waals surface area contributed by atoms with Gasteiger partial charge in [-0.15, -0.1) is 0 Å². The van der Waals surface area contributed by atoms with Gasteiger partial charge in [0, 0.05) is 10.6 Å². The molecule has 0 spiro atoms. The number of hydrogen-bond donors (Lipinski definition) is 2. The summed E-state index contributed by atoms with van der Waals surface area (Å²) in [7, 11) is 0. The van der Waals surface area contributed by atoms with Gasteiger partial charge in [0.05, 0.1) is 0 Å². The Kier molecular flexibility index (Phi) is 49.6. The topological polar surface area (TPSA) is 136 Å². The maximum absolute atomic E-state index is 8.51. The fourth-order valence-corrected chi connectivity index (χ4v) is 0. The van der Waals surface area contributed by atoms with Crippen molar-refractivity contribution in [2.45, 2.75) is 0 Å². The third-order valence-electron chi connectivity index (χ3n) is 0.0730. The smallest absolute Gasteiger partial charge is 0.773 e. The molecule has 55 valence electrons. The predicted molar refractivity (Wildman–Crippen MR) is 20.0 cm³/mol. The van der Waals surface area contributed by atoms with Gasteiger partial charge >= 0.3 is 16.8 Å². The standard InChI is InChI=1S/Co.2H2N2O2/c;2*3-1-2-4/h;2*(H,1,4)(H,2,3)/q+2;;/p-2. The summed E-state index contributed by atoms with van der Waals surface area (Å²) in [5, 5.41) is 38.0. The molecule has 8 nitrogen and oxygen atoms in total. The second-order valence-electron chi connectivity index (χ2n) is 0.342. The number of rotatable bonds is 0. The Morgan fingerprint density at radius 2 is 1.00 bits per heavy atom. The Morgan fingerprint density at radius 1 is 0.889 bits per heavy atom. The summed E-state index contributed by atoms with van der Waals surface area (Å²) < 4.78 is 0. The summed E-state index contributed by atoms with van der Waals surface area (Å²) in [5.41, 5.74) is 0. The van der Waals surface area contributed by atoms with Crippen molar-refractivity contribution in [3.8, 4) is 0 Å². The quantitative estimate of drug-likeness (QED) is 0.418.